The maximum Gasteiger partial charge on any atom is 0.239 e. The molecule has 0 fully saturated rings. The van der Waals surface area contributed by atoms with Crippen molar-refractivity contribution < 1.29 is 13.2 Å². The highest BCUT2D eigenvalue weighted by atomic mass is 35.5. The molecule has 0 aliphatic heterocycles. The van der Waals surface area contributed by atoms with Gasteiger partial charge in [0.1, 0.15) is 0 Å². The first-order chi connectivity index (χ1) is 10.4. The van der Waals surface area contributed by atoms with Crippen LogP contribution in [0.2, 0.25) is 5.02 Å². The molecule has 0 bridgehead atoms. The fraction of sp³-hybridized carbons (Fsp3) is 0.143. The molecule has 0 aliphatic rings. The van der Waals surface area contributed by atoms with E-state index in [2.05, 4.69) is 15.0 Å². The van der Waals surface area contributed by atoms with E-state index in [9.17, 15) is 13.2 Å². The number of halogens is 1. The third kappa shape index (κ3) is 5.44. The van der Waals surface area contributed by atoms with Crippen molar-refractivity contribution in [1.29, 1.82) is 0 Å². The summed E-state index contributed by atoms with van der Waals surface area (Å²) in [4.78, 5) is 15.5. The average Bonchev–Trinajstić information content (AvgIpc) is 2.49. The van der Waals surface area contributed by atoms with Crippen LogP contribution in [0.5, 0.6) is 0 Å². The van der Waals surface area contributed by atoms with E-state index in [-0.39, 0.29) is 12.3 Å². The lowest BCUT2D eigenvalue weighted by molar-refractivity contribution is -0.115. The van der Waals surface area contributed by atoms with Gasteiger partial charge in [0.05, 0.1) is 24.2 Å². The number of nitrogens with zero attached hydrogens (tertiary/aromatic N) is 1. The predicted molar refractivity (Wildman–Crippen MR) is 84.9 cm³/mol. The molecule has 8 heteroatoms. The Bertz CT molecular complexity index is 734. The lowest BCUT2D eigenvalue weighted by Crippen LogP contribution is -2.33. The third-order valence-electron chi connectivity index (χ3n) is 2.67. The Labute approximate surface area is 133 Å². The minimum absolute atomic E-state index is 0.218. The number of nitrogens with one attached hydrogen (secondary N) is 2. The number of benzene rings is 1. The second-order valence-corrected chi connectivity index (χ2v) is 6.74. The molecular formula is C14H14ClN3O3S. The number of hydrogen-bond acceptors (Lipinski definition) is 4. The van der Waals surface area contributed by atoms with Crippen molar-refractivity contribution in [2.75, 3.05) is 11.9 Å². The Hall–Kier alpha value is -1.96. The van der Waals surface area contributed by atoms with E-state index in [0.29, 0.717) is 16.3 Å². The maximum atomic E-state index is 11.9. The first kappa shape index (κ1) is 16.4. The van der Waals surface area contributed by atoms with Crippen LogP contribution < -0.4 is 10.0 Å². The Balaban J connectivity index is 1.87. The average molecular weight is 340 g/mol. The second kappa shape index (κ2) is 7.35. The zero-order chi connectivity index (χ0) is 16.0. The fourth-order valence-corrected chi connectivity index (χ4v) is 2.88. The summed E-state index contributed by atoms with van der Waals surface area (Å²) in [6, 6.07) is 9.80. The van der Waals surface area contributed by atoms with E-state index >= 15 is 0 Å². The number of aromatic nitrogens is 1. The van der Waals surface area contributed by atoms with Crippen molar-refractivity contribution in [3.63, 3.8) is 0 Å². The second-order valence-electron chi connectivity index (χ2n) is 4.50. The molecule has 0 atom stereocenters. The molecule has 0 spiro atoms. The van der Waals surface area contributed by atoms with Crippen LogP contribution in [-0.2, 0) is 20.6 Å². The summed E-state index contributed by atoms with van der Waals surface area (Å²) in [5.74, 6) is -0.683. The Morgan fingerprint density at radius 1 is 1.18 bits per heavy atom. The molecule has 1 amide bonds. The molecule has 2 rings (SSSR count). The molecule has 0 saturated heterocycles. The van der Waals surface area contributed by atoms with Crippen molar-refractivity contribution in [2.45, 2.75) is 5.75 Å². The van der Waals surface area contributed by atoms with Gasteiger partial charge in [-0.2, -0.15) is 0 Å². The Morgan fingerprint density at radius 2 is 1.91 bits per heavy atom. The van der Waals surface area contributed by atoms with E-state index in [1.165, 1.54) is 6.20 Å². The number of carbonyl (C=O) groups is 1. The molecule has 2 aromatic rings. The minimum atomic E-state index is -3.60. The SMILES string of the molecule is O=C(CNS(=O)(=O)Cc1ccc(Cl)cc1)Nc1cccnc1. The van der Waals surface area contributed by atoms with Gasteiger partial charge in [0, 0.05) is 11.2 Å². The number of amides is 1. The van der Waals surface area contributed by atoms with Gasteiger partial charge in [0.25, 0.3) is 0 Å². The number of sulfonamides is 1. The topological polar surface area (TPSA) is 88.2 Å². The van der Waals surface area contributed by atoms with Gasteiger partial charge in [-0.1, -0.05) is 23.7 Å². The van der Waals surface area contributed by atoms with E-state index in [1.807, 2.05) is 0 Å². The van der Waals surface area contributed by atoms with Crippen LogP contribution in [0.1, 0.15) is 5.56 Å². The van der Waals surface area contributed by atoms with Crippen molar-refractivity contribution in [2.24, 2.45) is 0 Å². The van der Waals surface area contributed by atoms with E-state index in [0.717, 1.165) is 0 Å². The normalized spacial score (nSPS) is 11.1. The summed E-state index contributed by atoms with van der Waals surface area (Å²) in [5, 5.41) is 3.07. The molecule has 0 saturated carbocycles. The summed E-state index contributed by atoms with van der Waals surface area (Å²) in [5.41, 5.74) is 1.09. The number of hydrogen-bond donors (Lipinski definition) is 2. The Morgan fingerprint density at radius 3 is 2.55 bits per heavy atom. The lowest BCUT2D eigenvalue weighted by Gasteiger charge is -2.08. The quantitative estimate of drug-likeness (QED) is 0.839. The molecule has 0 unspecified atom stereocenters. The lowest BCUT2D eigenvalue weighted by atomic mass is 10.2. The first-order valence-electron chi connectivity index (χ1n) is 6.36. The van der Waals surface area contributed by atoms with E-state index in [4.69, 9.17) is 11.6 Å². The molecule has 0 aliphatic carbocycles. The zero-order valence-corrected chi connectivity index (χ0v) is 13.1. The number of pyridine rings is 1. The highest BCUT2D eigenvalue weighted by molar-refractivity contribution is 7.88. The smallest absolute Gasteiger partial charge is 0.239 e. The third-order valence-corrected chi connectivity index (χ3v) is 4.22. The van der Waals surface area contributed by atoms with Gasteiger partial charge < -0.3 is 5.32 Å². The summed E-state index contributed by atoms with van der Waals surface area (Å²) in [6.07, 6.45) is 3.05. The van der Waals surface area contributed by atoms with Gasteiger partial charge >= 0.3 is 0 Å². The van der Waals surface area contributed by atoms with Gasteiger partial charge in [-0.15, -0.1) is 0 Å². The van der Waals surface area contributed by atoms with Crippen LogP contribution in [0.4, 0.5) is 5.69 Å². The van der Waals surface area contributed by atoms with Gasteiger partial charge in [-0.05, 0) is 29.8 Å². The van der Waals surface area contributed by atoms with Gasteiger partial charge in [0.2, 0.25) is 15.9 Å². The van der Waals surface area contributed by atoms with E-state index < -0.39 is 15.9 Å². The molecule has 1 aromatic carbocycles. The van der Waals surface area contributed by atoms with Crippen LogP contribution in [0.3, 0.4) is 0 Å². The number of anilines is 1. The summed E-state index contributed by atoms with van der Waals surface area (Å²) < 4.78 is 26.1. The number of rotatable bonds is 6. The van der Waals surface area contributed by atoms with Gasteiger partial charge in [-0.3, -0.25) is 9.78 Å². The Kier molecular flexibility index (Phi) is 5.48. The monoisotopic (exact) mass is 339 g/mol. The first-order valence-corrected chi connectivity index (χ1v) is 8.39. The predicted octanol–water partition coefficient (Wildman–Crippen LogP) is 1.79. The summed E-state index contributed by atoms with van der Waals surface area (Å²) in [7, 11) is -3.60. The van der Waals surface area contributed by atoms with Crippen molar-refractivity contribution in [1.82, 2.24) is 9.71 Å². The van der Waals surface area contributed by atoms with Crippen LogP contribution in [-0.4, -0.2) is 25.9 Å². The van der Waals surface area contributed by atoms with E-state index in [1.54, 1.807) is 42.6 Å². The molecule has 1 heterocycles. The molecule has 2 N–H and O–H groups in total. The van der Waals surface area contributed by atoms with Crippen molar-refractivity contribution in [3.05, 3.63) is 59.4 Å². The van der Waals surface area contributed by atoms with Crippen molar-refractivity contribution in [3.8, 4) is 0 Å². The molecule has 22 heavy (non-hydrogen) atoms. The molecule has 0 radical (unpaired) electrons. The highest BCUT2D eigenvalue weighted by Gasteiger charge is 2.13. The minimum Gasteiger partial charge on any atom is -0.324 e. The van der Waals surface area contributed by atoms with Crippen molar-refractivity contribution >= 4 is 33.2 Å². The van der Waals surface area contributed by atoms with Gasteiger partial charge in [0.15, 0.2) is 0 Å². The summed E-state index contributed by atoms with van der Waals surface area (Å²) >= 11 is 5.74. The van der Waals surface area contributed by atoms with Crippen LogP contribution in [0, 0.1) is 0 Å². The highest BCUT2D eigenvalue weighted by Crippen LogP contribution is 2.11. The van der Waals surface area contributed by atoms with Gasteiger partial charge in [-0.25, -0.2) is 13.1 Å². The largest absolute Gasteiger partial charge is 0.324 e. The van der Waals surface area contributed by atoms with Crippen LogP contribution in [0.15, 0.2) is 48.8 Å². The molecule has 6 nitrogen and oxygen atoms in total. The van der Waals surface area contributed by atoms with Crippen LogP contribution in [0.25, 0.3) is 0 Å². The molecular weight excluding hydrogens is 326 g/mol. The maximum absolute atomic E-state index is 11.9. The van der Waals surface area contributed by atoms with Crippen LogP contribution >= 0.6 is 11.6 Å². The standard InChI is InChI=1S/C14H14ClN3O3S/c15-12-5-3-11(4-6-12)10-22(20,21)17-9-14(19)18-13-2-1-7-16-8-13/h1-8,17H,9-10H2,(H,18,19). The fourth-order valence-electron chi connectivity index (χ4n) is 1.67. The molecule has 1 aromatic heterocycles. The molecule has 116 valence electrons. The number of carbonyl (C=O) groups excluding carboxylic acids is 1. The zero-order valence-electron chi connectivity index (χ0n) is 11.5. The summed E-state index contributed by atoms with van der Waals surface area (Å²) in [6.45, 7) is -0.342.